The van der Waals surface area contributed by atoms with Crippen LogP contribution < -0.4 is 0 Å². The van der Waals surface area contributed by atoms with Crippen LogP contribution in [0.15, 0.2) is 106 Å². The van der Waals surface area contributed by atoms with E-state index in [0.717, 1.165) is 11.1 Å². The first-order valence-corrected chi connectivity index (χ1v) is 13.9. The van der Waals surface area contributed by atoms with Gasteiger partial charge >= 0.3 is 0 Å². The summed E-state index contributed by atoms with van der Waals surface area (Å²) in [6, 6.07) is 31.2. The molecule has 6 aromatic carbocycles. The van der Waals surface area contributed by atoms with Crippen LogP contribution in [0.1, 0.15) is 11.1 Å². The average molecular weight is 491 g/mol. The Bertz CT molecular complexity index is 2130. The average Bonchev–Trinajstić information content (AvgIpc) is 3.65. The van der Waals surface area contributed by atoms with Gasteiger partial charge in [-0.05, 0) is 93.3 Å². The van der Waals surface area contributed by atoms with Crippen LogP contribution in [0.5, 0.6) is 0 Å². The lowest BCUT2D eigenvalue weighted by atomic mass is 9.83. The quantitative estimate of drug-likeness (QED) is 0.122. The van der Waals surface area contributed by atoms with Crippen LogP contribution in [0.4, 0.5) is 0 Å². The van der Waals surface area contributed by atoms with Crippen molar-refractivity contribution in [1.82, 2.24) is 0 Å². The van der Waals surface area contributed by atoms with Crippen LogP contribution in [0.2, 0.25) is 0 Å². The Kier molecular flexibility index (Phi) is 4.28. The second kappa shape index (κ2) is 7.67. The Morgan fingerprint density at radius 3 is 1.78 bits per heavy atom. The third kappa shape index (κ3) is 2.76. The van der Waals surface area contributed by atoms with Gasteiger partial charge in [-0.1, -0.05) is 84.6 Å². The van der Waals surface area contributed by atoms with Crippen LogP contribution in [0.25, 0.3) is 65.0 Å². The highest BCUT2D eigenvalue weighted by molar-refractivity contribution is 7.08. The second-order valence-corrected chi connectivity index (χ2v) is 10.7. The SMILES string of the molecule is C(#Cc1c2ccccc2c2ccc3c(-c4ccsc4)c4ccccc4c4ccc1c2c34)c1ccsc1. The molecule has 0 aliphatic heterocycles. The molecule has 8 rings (SSSR count). The third-order valence-corrected chi connectivity index (χ3v) is 8.70. The maximum absolute atomic E-state index is 3.58. The van der Waals surface area contributed by atoms with Gasteiger partial charge < -0.3 is 0 Å². The molecule has 0 unspecified atom stereocenters. The molecule has 0 spiro atoms. The molecule has 0 fully saturated rings. The Hall–Kier alpha value is -4.16. The van der Waals surface area contributed by atoms with Gasteiger partial charge in [-0.15, -0.1) is 0 Å². The summed E-state index contributed by atoms with van der Waals surface area (Å²) in [6.45, 7) is 0. The summed E-state index contributed by atoms with van der Waals surface area (Å²) in [5, 5.41) is 21.6. The van der Waals surface area contributed by atoms with Crippen LogP contribution in [0, 0.1) is 11.8 Å². The van der Waals surface area contributed by atoms with Gasteiger partial charge in [0.2, 0.25) is 0 Å². The van der Waals surface area contributed by atoms with Gasteiger partial charge in [0.05, 0.1) is 0 Å². The van der Waals surface area contributed by atoms with Crippen molar-refractivity contribution < 1.29 is 0 Å². The van der Waals surface area contributed by atoms with E-state index in [-0.39, 0.29) is 0 Å². The van der Waals surface area contributed by atoms with Crippen LogP contribution in [-0.2, 0) is 0 Å². The van der Waals surface area contributed by atoms with E-state index >= 15 is 0 Å². The minimum Gasteiger partial charge on any atom is -0.152 e. The highest BCUT2D eigenvalue weighted by Crippen LogP contribution is 2.47. The Labute approximate surface area is 216 Å². The number of hydrogen-bond donors (Lipinski definition) is 0. The van der Waals surface area contributed by atoms with Gasteiger partial charge in [-0.2, -0.15) is 22.7 Å². The minimum absolute atomic E-state index is 1.07. The molecule has 0 aliphatic carbocycles. The molecule has 2 heteroatoms. The maximum atomic E-state index is 3.58. The molecule has 8 aromatic rings. The minimum atomic E-state index is 1.07. The molecule has 0 N–H and O–H groups in total. The smallest absolute Gasteiger partial charge is 0.0406 e. The number of rotatable bonds is 1. The summed E-state index contributed by atoms with van der Waals surface area (Å²) in [5.74, 6) is 7.01. The van der Waals surface area contributed by atoms with Gasteiger partial charge in [-0.25, -0.2) is 0 Å². The molecule has 0 bridgehead atoms. The van der Waals surface area contributed by atoms with E-state index in [2.05, 4.69) is 118 Å². The fourth-order valence-corrected chi connectivity index (χ4v) is 7.08. The molecule has 2 aromatic heterocycles. The first kappa shape index (κ1) is 20.1. The van der Waals surface area contributed by atoms with Crippen molar-refractivity contribution in [3.05, 3.63) is 118 Å². The highest BCUT2D eigenvalue weighted by atomic mass is 32.1. The monoisotopic (exact) mass is 490 g/mol. The molecule has 166 valence electrons. The number of benzene rings is 6. The van der Waals surface area contributed by atoms with Crippen molar-refractivity contribution >= 4 is 76.5 Å². The number of hydrogen-bond acceptors (Lipinski definition) is 2. The van der Waals surface area contributed by atoms with Crippen molar-refractivity contribution in [2.24, 2.45) is 0 Å². The van der Waals surface area contributed by atoms with E-state index in [1.807, 2.05) is 0 Å². The van der Waals surface area contributed by atoms with Crippen LogP contribution in [-0.4, -0.2) is 0 Å². The van der Waals surface area contributed by atoms with E-state index in [1.165, 1.54) is 65.0 Å². The first-order valence-electron chi connectivity index (χ1n) is 12.0. The molecular weight excluding hydrogens is 473 g/mol. The number of thiophene rings is 2. The molecule has 0 saturated carbocycles. The van der Waals surface area contributed by atoms with Crippen LogP contribution >= 0.6 is 22.7 Å². The lowest BCUT2D eigenvalue weighted by Gasteiger charge is -2.19. The van der Waals surface area contributed by atoms with E-state index < -0.39 is 0 Å². The normalized spacial score (nSPS) is 11.7. The van der Waals surface area contributed by atoms with Gasteiger partial charge in [0.25, 0.3) is 0 Å². The highest BCUT2D eigenvalue weighted by Gasteiger charge is 2.20. The predicted molar refractivity (Wildman–Crippen MR) is 159 cm³/mol. The maximum Gasteiger partial charge on any atom is 0.0406 e. The summed E-state index contributed by atoms with van der Waals surface area (Å²) in [4.78, 5) is 0. The summed E-state index contributed by atoms with van der Waals surface area (Å²) >= 11 is 3.44. The lowest BCUT2D eigenvalue weighted by Crippen LogP contribution is -1.93. The third-order valence-electron chi connectivity index (χ3n) is 7.34. The van der Waals surface area contributed by atoms with Gasteiger partial charge in [0.1, 0.15) is 0 Å². The topological polar surface area (TPSA) is 0 Å². The van der Waals surface area contributed by atoms with E-state index in [1.54, 1.807) is 22.7 Å². The standard InChI is InChI=1S/C34H18S2/c1-2-6-24-23(5-1)26(10-9-21-15-17-35-19-21)30-12-11-29-25-7-3-4-8-27(25)32(22-16-18-36-20-22)31-14-13-28(24)33(30)34(29)31/h1-8,11-20H. The Morgan fingerprint density at radius 2 is 1.06 bits per heavy atom. The molecule has 0 saturated heterocycles. The lowest BCUT2D eigenvalue weighted by molar-refractivity contribution is 1.75. The van der Waals surface area contributed by atoms with Gasteiger partial charge in [0.15, 0.2) is 0 Å². The summed E-state index contributed by atoms with van der Waals surface area (Å²) in [6.07, 6.45) is 0. The predicted octanol–water partition coefficient (Wildman–Crippen LogP) is 10.1. The zero-order chi connectivity index (χ0) is 23.6. The Balaban J connectivity index is 1.63. The fraction of sp³-hybridized carbons (Fsp3) is 0. The fourth-order valence-electron chi connectivity index (χ4n) is 5.85. The van der Waals surface area contributed by atoms with E-state index in [0.29, 0.717) is 0 Å². The summed E-state index contributed by atoms with van der Waals surface area (Å²) in [5.41, 5.74) is 4.80. The molecule has 2 heterocycles. The van der Waals surface area contributed by atoms with Crippen LogP contribution in [0.3, 0.4) is 0 Å². The summed E-state index contributed by atoms with van der Waals surface area (Å²) in [7, 11) is 0. The van der Waals surface area contributed by atoms with E-state index in [4.69, 9.17) is 0 Å². The number of fused-ring (bicyclic) bond motifs is 4. The van der Waals surface area contributed by atoms with Crippen molar-refractivity contribution in [3.63, 3.8) is 0 Å². The zero-order valence-corrected chi connectivity index (χ0v) is 20.8. The van der Waals surface area contributed by atoms with Crippen molar-refractivity contribution in [2.45, 2.75) is 0 Å². The largest absolute Gasteiger partial charge is 0.152 e. The molecule has 0 nitrogen and oxygen atoms in total. The zero-order valence-electron chi connectivity index (χ0n) is 19.2. The van der Waals surface area contributed by atoms with Crippen molar-refractivity contribution in [3.8, 4) is 23.0 Å². The van der Waals surface area contributed by atoms with Crippen molar-refractivity contribution in [1.29, 1.82) is 0 Å². The first-order chi connectivity index (χ1) is 17.9. The second-order valence-electron chi connectivity index (χ2n) is 9.19. The molecule has 0 amide bonds. The van der Waals surface area contributed by atoms with Gasteiger partial charge in [-0.3, -0.25) is 0 Å². The molecular formula is C34H18S2. The molecule has 0 atom stereocenters. The summed E-state index contributed by atoms with van der Waals surface area (Å²) < 4.78 is 0. The Morgan fingerprint density at radius 1 is 0.444 bits per heavy atom. The molecule has 0 radical (unpaired) electrons. The van der Waals surface area contributed by atoms with Gasteiger partial charge in [0, 0.05) is 16.5 Å². The molecule has 0 aliphatic rings. The van der Waals surface area contributed by atoms with E-state index in [9.17, 15) is 0 Å². The van der Waals surface area contributed by atoms with Crippen molar-refractivity contribution in [2.75, 3.05) is 0 Å². The molecule has 36 heavy (non-hydrogen) atoms.